The van der Waals surface area contributed by atoms with Gasteiger partial charge in [-0.25, -0.2) is 4.98 Å². The predicted molar refractivity (Wildman–Crippen MR) is 143 cm³/mol. The van der Waals surface area contributed by atoms with Crippen molar-refractivity contribution in [1.82, 2.24) is 9.97 Å². The lowest BCUT2D eigenvalue weighted by Crippen LogP contribution is -2.04. The Bertz CT molecular complexity index is 1590. The SMILES string of the molecule is FC(F)(F)c1ccc(C=Cc2cnc(C=Cc3ccc(C(F)(F)F)cc3)c(C=Cc3ccc(C(F)(F)F)cc3)n2)cc1. The second-order valence-corrected chi connectivity index (χ2v) is 8.92. The first-order valence-electron chi connectivity index (χ1n) is 12.1. The molecule has 0 radical (unpaired) electrons. The van der Waals surface area contributed by atoms with Crippen LogP contribution in [0.15, 0.2) is 79.0 Å². The van der Waals surface area contributed by atoms with Crippen LogP contribution in [0.4, 0.5) is 39.5 Å². The molecule has 3 aromatic carbocycles. The van der Waals surface area contributed by atoms with Crippen LogP contribution in [0.1, 0.15) is 50.5 Å². The van der Waals surface area contributed by atoms with Crippen LogP contribution in [-0.4, -0.2) is 9.97 Å². The van der Waals surface area contributed by atoms with Gasteiger partial charge in [0.25, 0.3) is 0 Å². The number of aromatic nitrogens is 2. The first-order chi connectivity index (χ1) is 19.7. The van der Waals surface area contributed by atoms with Crippen molar-refractivity contribution in [2.75, 3.05) is 0 Å². The van der Waals surface area contributed by atoms with E-state index in [4.69, 9.17) is 0 Å². The predicted octanol–water partition coefficient (Wildman–Crippen LogP) is 10.0. The molecule has 1 heterocycles. The first-order valence-corrected chi connectivity index (χ1v) is 12.1. The lowest BCUT2D eigenvalue weighted by Gasteiger charge is -2.07. The highest BCUT2D eigenvalue weighted by molar-refractivity contribution is 5.77. The van der Waals surface area contributed by atoms with Gasteiger partial charge in [0.1, 0.15) is 0 Å². The number of hydrogen-bond acceptors (Lipinski definition) is 2. The fourth-order valence-corrected chi connectivity index (χ4v) is 3.64. The van der Waals surface area contributed by atoms with Crippen LogP contribution >= 0.6 is 0 Å². The van der Waals surface area contributed by atoms with Gasteiger partial charge in [0.05, 0.1) is 40.0 Å². The van der Waals surface area contributed by atoms with Crippen molar-refractivity contribution in [3.05, 3.63) is 129 Å². The van der Waals surface area contributed by atoms with Gasteiger partial charge in [-0.15, -0.1) is 0 Å². The normalized spacial score (nSPS) is 13.1. The van der Waals surface area contributed by atoms with E-state index in [1.807, 2.05) is 0 Å². The van der Waals surface area contributed by atoms with Crippen molar-refractivity contribution in [3.8, 4) is 0 Å². The summed E-state index contributed by atoms with van der Waals surface area (Å²) in [6, 6.07) is 13.3. The number of benzene rings is 3. The van der Waals surface area contributed by atoms with Crippen LogP contribution in [0, 0.1) is 0 Å². The molecule has 0 fully saturated rings. The van der Waals surface area contributed by atoms with E-state index in [0.29, 0.717) is 28.1 Å². The molecule has 4 rings (SSSR count). The summed E-state index contributed by atoms with van der Waals surface area (Å²) >= 11 is 0. The van der Waals surface area contributed by atoms with Crippen molar-refractivity contribution in [1.29, 1.82) is 0 Å². The molecule has 0 amide bonds. The van der Waals surface area contributed by atoms with Gasteiger partial charge < -0.3 is 0 Å². The summed E-state index contributed by atoms with van der Waals surface area (Å²) in [5, 5.41) is 0. The molecule has 0 saturated carbocycles. The summed E-state index contributed by atoms with van der Waals surface area (Å²) in [5.41, 5.74) is -0.121. The maximum atomic E-state index is 12.9. The third kappa shape index (κ3) is 8.18. The van der Waals surface area contributed by atoms with E-state index in [1.54, 1.807) is 0 Å². The van der Waals surface area contributed by atoms with Gasteiger partial charge in [-0.1, -0.05) is 54.6 Å². The Morgan fingerprint density at radius 3 is 1.10 bits per heavy atom. The maximum Gasteiger partial charge on any atom is 0.416 e. The third-order valence-electron chi connectivity index (χ3n) is 5.88. The third-order valence-corrected chi connectivity index (χ3v) is 5.88. The summed E-state index contributed by atoms with van der Waals surface area (Å²) in [6.07, 6.45) is -2.91. The van der Waals surface area contributed by atoms with E-state index in [9.17, 15) is 39.5 Å². The molecule has 0 N–H and O–H groups in total. The molecule has 0 bridgehead atoms. The molecule has 11 heteroatoms. The van der Waals surface area contributed by atoms with Gasteiger partial charge in [-0.05, 0) is 71.3 Å². The molecular weight excluding hydrogens is 571 g/mol. The second-order valence-electron chi connectivity index (χ2n) is 8.92. The van der Waals surface area contributed by atoms with E-state index >= 15 is 0 Å². The number of rotatable bonds is 6. The van der Waals surface area contributed by atoms with Gasteiger partial charge in [0.2, 0.25) is 0 Å². The Hall–Kier alpha value is -4.67. The maximum absolute atomic E-state index is 12.9. The number of hydrogen-bond donors (Lipinski definition) is 0. The highest BCUT2D eigenvalue weighted by atomic mass is 19.4. The minimum atomic E-state index is -4.49. The van der Waals surface area contributed by atoms with Crippen LogP contribution in [0.2, 0.25) is 0 Å². The average Bonchev–Trinajstić information content (AvgIpc) is 2.93. The van der Waals surface area contributed by atoms with E-state index in [1.165, 1.54) is 79.1 Å². The summed E-state index contributed by atoms with van der Waals surface area (Å²) in [7, 11) is 0. The molecule has 0 unspecified atom stereocenters. The van der Waals surface area contributed by atoms with Crippen molar-refractivity contribution >= 4 is 36.5 Å². The van der Waals surface area contributed by atoms with Crippen LogP contribution in [0.3, 0.4) is 0 Å². The Kier molecular flexibility index (Phi) is 8.70. The molecule has 0 spiro atoms. The highest BCUT2D eigenvalue weighted by Gasteiger charge is 2.31. The van der Waals surface area contributed by atoms with Crippen LogP contribution in [0.25, 0.3) is 36.5 Å². The Balaban J connectivity index is 1.63. The molecule has 0 aliphatic rings. The Morgan fingerprint density at radius 2 is 0.738 bits per heavy atom. The Labute approximate surface area is 234 Å². The lowest BCUT2D eigenvalue weighted by molar-refractivity contribution is -0.138. The monoisotopic (exact) mass is 590 g/mol. The van der Waals surface area contributed by atoms with Crippen molar-refractivity contribution in [2.24, 2.45) is 0 Å². The fourth-order valence-electron chi connectivity index (χ4n) is 3.64. The van der Waals surface area contributed by atoms with Gasteiger partial charge in [-0.3, -0.25) is 4.98 Å². The quantitative estimate of drug-likeness (QED) is 0.209. The molecule has 4 aromatic rings. The lowest BCUT2D eigenvalue weighted by atomic mass is 10.1. The smallest absolute Gasteiger partial charge is 0.252 e. The first kappa shape index (κ1) is 30.3. The summed E-state index contributed by atoms with van der Waals surface area (Å²) < 4.78 is 116. The molecule has 0 atom stereocenters. The molecule has 0 aliphatic carbocycles. The van der Waals surface area contributed by atoms with Crippen molar-refractivity contribution < 1.29 is 39.5 Å². The van der Waals surface area contributed by atoms with E-state index in [0.717, 1.165) is 36.4 Å². The van der Waals surface area contributed by atoms with Gasteiger partial charge in [-0.2, -0.15) is 39.5 Å². The molecule has 42 heavy (non-hydrogen) atoms. The van der Waals surface area contributed by atoms with E-state index < -0.39 is 35.2 Å². The fraction of sp³-hybridized carbons (Fsp3) is 0.0968. The van der Waals surface area contributed by atoms with Crippen LogP contribution < -0.4 is 0 Å². The highest BCUT2D eigenvalue weighted by Crippen LogP contribution is 2.31. The van der Waals surface area contributed by atoms with Crippen LogP contribution in [0.5, 0.6) is 0 Å². The molecule has 2 nitrogen and oxygen atoms in total. The average molecular weight is 590 g/mol. The number of alkyl halides is 9. The largest absolute Gasteiger partial charge is 0.416 e. The molecule has 216 valence electrons. The van der Waals surface area contributed by atoms with E-state index in [-0.39, 0.29) is 5.69 Å². The number of halogens is 9. The topological polar surface area (TPSA) is 25.8 Å². The zero-order chi connectivity index (χ0) is 30.5. The van der Waals surface area contributed by atoms with Gasteiger partial charge in [0.15, 0.2) is 0 Å². The summed E-state index contributed by atoms with van der Waals surface area (Å²) in [4.78, 5) is 8.82. The standard InChI is InChI=1S/C31H19F9N2/c32-29(33,34)23-10-1-20(2-11-23)7-16-26-19-41-27(17-8-21-3-12-24(13-4-21)30(35,36)37)28(42-26)18-9-22-5-14-25(15-6-22)31(38,39)40/h1-19H. The summed E-state index contributed by atoms with van der Waals surface area (Å²) in [5.74, 6) is 0. The zero-order valence-electron chi connectivity index (χ0n) is 21.3. The second kappa shape index (κ2) is 12.1. The minimum absolute atomic E-state index is 0.285. The zero-order valence-corrected chi connectivity index (χ0v) is 21.3. The molecule has 0 saturated heterocycles. The van der Waals surface area contributed by atoms with Crippen molar-refractivity contribution in [3.63, 3.8) is 0 Å². The summed E-state index contributed by atoms with van der Waals surface area (Å²) in [6.45, 7) is 0. The van der Waals surface area contributed by atoms with E-state index in [2.05, 4.69) is 9.97 Å². The van der Waals surface area contributed by atoms with Gasteiger partial charge >= 0.3 is 18.5 Å². The van der Waals surface area contributed by atoms with Gasteiger partial charge in [0, 0.05) is 0 Å². The molecule has 0 aliphatic heterocycles. The Morgan fingerprint density at radius 1 is 0.405 bits per heavy atom. The molecular formula is C31H19F9N2. The van der Waals surface area contributed by atoms with Crippen molar-refractivity contribution in [2.45, 2.75) is 18.5 Å². The van der Waals surface area contributed by atoms with Crippen LogP contribution in [-0.2, 0) is 18.5 Å². The number of nitrogens with zero attached hydrogens (tertiary/aromatic N) is 2. The molecule has 1 aromatic heterocycles. The minimum Gasteiger partial charge on any atom is -0.252 e.